The fourth-order valence-corrected chi connectivity index (χ4v) is 1.29. The van der Waals surface area contributed by atoms with Crippen molar-refractivity contribution in [3.63, 3.8) is 0 Å². The van der Waals surface area contributed by atoms with Crippen molar-refractivity contribution < 1.29 is 10.2 Å². The molecule has 0 saturated heterocycles. The lowest BCUT2D eigenvalue weighted by Crippen LogP contribution is -2.07. The predicted octanol–water partition coefficient (Wildman–Crippen LogP) is 1.20. The molecule has 0 spiro atoms. The molecule has 0 unspecified atom stereocenters. The van der Waals surface area contributed by atoms with Crippen molar-refractivity contribution in [3.05, 3.63) is 23.3 Å². The van der Waals surface area contributed by atoms with Gasteiger partial charge in [0.1, 0.15) is 11.5 Å². The van der Waals surface area contributed by atoms with Crippen LogP contribution in [0.25, 0.3) is 0 Å². The van der Waals surface area contributed by atoms with Crippen molar-refractivity contribution in [2.45, 2.75) is 12.8 Å². The SMILES string of the molecule is Oc1cc(O)c2c(c1)CC2. The molecule has 2 rings (SSSR count). The molecular formula is C8H8O2. The van der Waals surface area contributed by atoms with Crippen LogP contribution in [0.2, 0.25) is 0 Å². The Labute approximate surface area is 58.7 Å². The van der Waals surface area contributed by atoms with Gasteiger partial charge >= 0.3 is 0 Å². The lowest BCUT2D eigenvalue weighted by molar-refractivity contribution is 0.439. The summed E-state index contributed by atoms with van der Waals surface area (Å²) in [4.78, 5) is 0. The van der Waals surface area contributed by atoms with Gasteiger partial charge in [-0.1, -0.05) is 0 Å². The first-order valence-electron chi connectivity index (χ1n) is 3.31. The molecular weight excluding hydrogens is 128 g/mol. The van der Waals surface area contributed by atoms with E-state index < -0.39 is 0 Å². The molecule has 1 aliphatic rings. The van der Waals surface area contributed by atoms with Gasteiger partial charge in [-0.2, -0.15) is 0 Å². The van der Waals surface area contributed by atoms with E-state index in [-0.39, 0.29) is 11.5 Å². The van der Waals surface area contributed by atoms with Crippen LogP contribution >= 0.6 is 0 Å². The van der Waals surface area contributed by atoms with E-state index in [1.54, 1.807) is 6.07 Å². The molecule has 0 fully saturated rings. The van der Waals surface area contributed by atoms with E-state index in [0.29, 0.717) is 0 Å². The van der Waals surface area contributed by atoms with Crippen LogP contribution in [0.4, 0.5) is 0 Å². The van der Waals surface area contributed by atoms with Crippen molar-refractivity contribution in [1.82, 2.24) is 0 Å². The van der Waals surface area contributed by atoms with E-state index in [0.717, 1.165) is 24.0 Å². The van der Waals surface area contributed by atoms with E-state index in [4.69, 9.17) is 5.11 Å². The first-order valence-corrected chi connectivity index (χ1v) is 3.31. The van der Waals surface area contributed by atoms with Crippen LogP contribution < -0.4 is 0 Å². The molecule has 52 valence electrons. The summed E-state index contributed by atoms with van der Waals surface area (Å²) in [7, 11) is 0. The molecule has 0 amide bonds. The standard InChI is InChI=1S/C8H8O2/c9-6-3-5-1-2-7(5)8(10)4-6/h3-4,9-10H,1-2H2. The van der Waals surface area contributed by atoms with Crippen LogP contribution in [-0.2, 0) is 12.8 Å². The number of benzene rings is 1. The smallest absolute Gasteiger partial charge is 0.122 e. The van der Waals surface area contributed by atoms with Crippen molar-refractivity contribution in [1.29, 1.82) is 0 Å². The fraction of sp³-hybridized carbons (Fsp3) is 0.250. The molecule has 0 heterocycles. The Kier molecular flexibility index (Phi) is 0.926. The minimum Gasteiger partial charge on any atom is -0.508 e. The summed E-state index contributed by atoms with van der Waals surface area (Å²) in [5.41, 5.74) is 2.08. The molecule has 10 heavy (non-hydrogen) atoms. The van der Waals surface area contributed by atoms with Crippen LogP contribution in [0, 0.1) is 0 Å². The number of fused-ring (bicyclic) bond motifs is 1. The van der Waals surface area contributed by atoms with Gasteiger partial charge in [-0.15, -0.1) is 0 Å². The summed E-state index contributed by atoms with van der Waals surface area (Å²) < 4.78 is 0. The molecule has 1 aromatic rings. The van der Waals surface area contributed by atoms with E-state index in [1.165, 1.54) is 6.07 Å². The molecule has 2 heteroatoms. The summed E-state index contributed by atoms with van der Waals surface area (Å²) >= 11 is 0. The molecule has 2 nitrogen and oxygen atoms in total. The topological polar surface area (TPSA) is 40.5 Å². The number of phenols is 2. The van der Waals surface area contributed by atoms with Crippen LogP contribution in [0.5, 0.6) is 11.5 Å². The summed E-state index contributed by atoms with van der Waals surface area (Å²) in [6.07, 6.45) is 1.93. The zero-order valence-electron chi connectivity index (χ0n) is 5.46. The third kappa shape index (κ3) is 0.588. The van der Waals surface area contributed by atoms with Crippen LogP contribution in [0.15, 0.2) is 12.1 Å². The maximum absolute atomic E-state index is 9.17. The lowest BCUT2D eigenvalue weighted by atomic mass is 9.88. The number of aromatic hydroxyl groups is 2. The Morgan fingerprint density at radius 3 is 2.40 bits per heavy atom. The molecule has 0 bridgehead atoms. The van der Waals surface area contributed by atoms with E-state index >= 15 is 0 Å². The minimum absolute atomic E-state index is 0.163. The van der Waals surface area contributed by atoms with E-state index in [2.05, 4.69) is 0 Å². The molecule has 0 aromatic heterocycles. The van der Waals surface area contributed by atoms with Crippen molar-refractivity contribution in [2.75, 3.05) is 0 Å². The van der Waals surface area contributed by atoms with Crippen LogP contribution in [0.3, 0.4) is 0 Å². The Morgan fingerprint density at radius 1 is 1.10 bits per heavy atom. The van der Waals surface area contributed by atoms with Crippen LogP contribution in [0.1, 0.15) is 11.1 Å². The first-order chi connectivity index (χ1) is 4.77. The van der Waals surface area contributed by atoms with E-state index in [9.17, 15) is 5.11 Å². The molecule has 1 aromatic carbocycles. The summed E-state index contributed by atoms with van der Waals surface area (Å²) in [5.74, 6) is 0.400. The van der Waals surface area contributed by atoms with Gasteiger partial charge in [-0.25, -0.2) is 0 Å². The van der Waals surface area contributed by atoms with Gasteiger partial charge in [0.25, 0.3) is 0 Å². The van der Waals surface area contributed by atoms with Crippen molar-refractivity contribution in [2.24, 2.45) is 0 Å². The van der Waals surface area contributed by atoms with Crippen molar-refractivity contribution in [3.8, 4) is 11.5 Å². The summed E-state index contributed by atoms with van der Waals surface area (Å²) in [5, 5.41) is 18.2. The Hall–Kier alpha value is -1.18. The number of phenolic OH excluding ortho intramolecular Hbond substituents is 2. The monoisotopic (exact) mass is 136 g/mol. The molecule has 0 saturated carbocycles. The Bertz CT molecular complexity index is 262. The highest BCUT2D eigenvalue weighted by molar-refractivity contribution is 5.50. The third-order valence-electron chi connectivity index (χ3n) is 1.95. The molecule has 0 radical (unpaired) electrons. The third-order valence-corrected chi connectivity index (χ3v) is 1.95. The zero-order valence-corrected chi connectivity index (χ0v) is 5.46. The second-order valence-corrected chi connectivity index (χ2v) is 2.60. The first kappa shape index (κ1) is 5.59. The Balaban J connectivity index is 2.63. The average molecular weight is 136 g/mol. The predicted molar refractivity (Wildman–Crippen MR) is 37.2 cm³/mol. The van der Waals surface area contributed by atoms with Gasteiger partial charge in [-0.3, -0.25) is 0 Å². The van der Waals surface area contributed by atoms with Gasteiger partial charge in [0.05, 0.1) is 0 Å². The quantitative estimate of drug-likeness (QED) is 0.562. The number of rotatable bonds is 0. The average Bonchev–Trinajstić information content (AvgIpc) is 1.77. The second-order valence-electron chi connectivity index (χ2n) is 2.60. The van der Waals surface area contributed by atoms with Gasteiger partial charge < -0.3 is 10.2 Å². The fourth-order valence-electron chi connectivity index (χ4n) is 1.29. The second kappa shape index (κ2) is 1.66. The molecule has 0 atom stereocenters. The van der Waals surface area contributed by atoms with Gasteiger partial charge in [0.2, 0.25) is 0 Å². The highest BCUT2D eigenvalue weighted by Gasteiger charge is 2.17. The normalized spacial score (nSPS) is 14.0. The van der Waals surface area contributed by atoms with E-state index in [1.807, 2.05) is 0 Å². The molecule has 1 aliphatic carbocycles. The largest absolute Gasteiger partial charge is 0.508 e. The van der Waals surface area contributed by atoms with Crippen molar-refractivity contribution >= 4 is 0 Å². The van der Waals surface area contributed by atoms with Gasteiger partial charge in [0.15, 0.2) is 0 Å². The summed E-state index contributed by atoms with van der Waals surface area (Å²) in [6.45, 7) is 0. The lowest BCUT2D eigenvalue weighted by Gasteiger charge is -2.19. The van der Waals surface area contributed by atoms with Gasteiger partial charge in [0, 0.05) is 6.07 Å². The maximum Gasteiger partial charge on any atom is 0.122 e. The minimum atomic E-state index is 0.163. The highest BCUT2D eigenvalue weighted by Crippen LogP contribution is 2.34. The zero-order chi connectivity index (χ0) is 7.14. The van der Waals surface area contributed by atoms with Gasteiger partial charge in [-0.05, 0) is 30.0 Å². The number of hydrogen-bond acceptors (Lipinski definition) is 2. The molecule has 0 aliphatic heterocycles. The number of aryl methyl sites for hydroxylation is 1. The Morgan fingerprint density at radius 2 is 1.90 bits per heavy atom. The maximum atomic E-state index is 9.17. The van der Waals surface area contributed by atoms with Crippen LogP contribution in [-0.4, -0.2) is 10.2 Å². The summed E-state index contributed by atoms with van der Waals surface area (Å²) in [6, 6.07) is 3.09. The highest BCUT2D eigenvalue weighted by atomic mass is 16.3. The molecule has 2 N–H and O–H groups in total. The number of hydrogen-bond donors (Lipinski definition) is 2.